The van der Waals surface area contributed by atoms with E-state index in [1.807, 2.05) is 12.3 Å². The van der Waals surface area contributed by atoms with Crippen LogP contribution in [0.5, 0.6) is 0 Å². The molecule has 27 heavy (non-hydrogen) atoms. The Morgan fingerprint density at radius 1 is 1.19 bits per heavy atom. The minimum atomic E-state index is -0.196. The van der Waals surface area contributed by atoms with Gasteiger partial charge < -0.3 is 10.6 Å². The summed E-state index contributed by atoms with van der Waals surface area (Å²) in [5, 5.41) is 8.46. The number of aryl methyl sites for hydroxylation is 1. The van der Waals surface area contributed by atoms with Gasteiger partial charge in [0, 0.05) is 29.9 Å². The van der Waals surface area contributed by atoms with Gasteiger partial charge in [-0.15, -0.1) is 11.3 Å². The quantitative estimate of drug-likeness (QED) is 0.679. The van der Waals surface area contributed by atoms with Crippen LogP contribution in [-0.4, -0.2) is 38.8 Å². The van der Waals surface area contributed by atoms with E-state index in [0.717, 1.165) is 50.6 Å². The highest BCUT2D eigenvalue weighted by Gasteiger charge is 2.35. The molecular formula is C19H25N5O2S. The van der Waals surface area contributed by atoms with Crippen LogP contribution in [0.15, 0.2) is 24.0 Å². The van der Waals surface area contributed by atoms with Crippen molar-refractivity contribution in [1.82, 2.24) is 25.6 Å². The molecule has 0 spiro atoms. The molecule has 144 valence electrons. The molecule has 0 atom stereocenters. The number of aromatic nitrogens is 3. The van der Waals surface area contributed by atoms with Gasteiger partial charge in [0.15, 0.2) is 5.01 Å². The van der Waals surface area contributed by atoms with E-state index >= 15 is 0 Å². The molecule has 2 aromatic rings. The normalized spacial score (nSPS) is 15.4. The second-order valence-electron chi connectivity index (χ2n) is 7.04. The van der Waals surface area contributed by atoms with E-state index in [-0.39, 0.29) is 17.4 Å². The zero-order chi connectivity index (χ0) is 19.1. The SMILES string of the molecule is Cc1cncc(C(=O)NCCCCC2(NC(=O)c3nccs3)CCCC2)n1. The van der Waals surface area contributed by atoms with Gasteiger partial charge in [-0.25, -0.2) is 9.97 Å². The molecule has 8 heteroatoms. The summed E-state index contributed by atoms with van der Waals surface area (Å²) in [6.07, 6.45) is 11.8. The fourth-order valence-corrected chi connectivity index (χ4v) is 4.10. The van der Waals surface area contributed by atoms with Crippen LogP contribution in [0.3, 0.4) is 0 Å². The minimum Gasteiger partial charge on any atom is -0.351 e. The number of amides is 2. The molecule has 1 fully saturated rings. The van der Waals surface area contributed by atoms with Crippen molar-refractivity contribution in [3.05, 3.63) is 40.4 Å². The second kappa shape index (κ2) is 9.03. The van der Waals surface area contributed by atoms with E-state index in [1.54, 1.807) is 12.4 Å². The van der Waals surface area contributed by atoms with Gasteiger partial charge in [-0.05, 0) is 39.0 Å². The van der Waals surface area contributed by atoms with Gasteiger partial charge >= 0.3 is 0 Å². The number of nitrogens with zero attached hydrogens (tertiary/aromatic N) is 3. The van der Waals surface area contributed by atoms with Crippen molar-refractivity contribution in [2.24, 2.45) is 0 Å². The summed E-state index contributed by atoms with van der Waals surface area (Å²) in [4.78, 5) is 36.7. The maximum Gasteiger partial charge on any atom is 0.280 e. The highest BCUT2D eigenvalue weighted by atomic mass is 32.1. The van der Waals surface area contributed by atoms with Gasteiger partial charge in [0.05, 0.1) is 11.9 Å². The standard InChI is InChI=1S/C19H25N5O2S/c1-14-12-20-13-15(23-14)16(25)21-9-5-4-8-19(6-2-3-7-19)24-17(26)18-22-10-11-27-18/h10-13H,2-9H2,1H3,(H,21,25)(H,24,26). The van der Waals surface area contributed by atoms with Crippen molar-refractivity contribution in [2.75, 3.05) is 6.54 Å². The molecule has 1 aliphatic carbocycles. The lowest BCUT2D eigenvalue weighted by Gasteiger charge is -2.30. The summed E-state index contributed by atoms with van der Waals surface area (Å²) in [5.74, 6) is -0.267. The molecule has 1 aliphatic rings. The Bertz CT molecular complexity index is 772. The summed E-state index contributed by atoms with van der Waals surface area (Å²) < 4.78 is 0. The summed E-state index contributed by atoms with van der Waals surface area (Å²) in [5.41, 5.74) is 0.939. The molecule has 2 heterocycles. The molecule has 0 aromatic carbocycles. The van der Waals surface area contributed by atoms with E-state index in [4.69, 9.17) is 0 Å². The van der Waals surface area contributed by atoms with Crippen LogP contribution < -0.4 is 10.6 Å². The Kier molecular flexibility index (Phi) is 6.49. The molecule has 2 N–H and O–H groups in total. The lowest BCUT2D eigenvalue weighted by atomic mass is 9.90. The van der Waals surface area contributed by atoms with E-state index in [0.29, 0.717) is 17.2 Å². The van der Waals surface area contributed by atoms with Gasteiger partial charge in [-0.3, -0.25) is 14.6 Å². The molecule has 3 rings (SSSR count). The van der Waals surface area contributed by atoms with Crippen molar-refractivity contribution in [3.63, 3.8) is 0 Å². The maximum atomic E-state index is 12.4. The average Bonchev–Trinajstić information content (AvgIpc) is 3.34. The van der Waals surface area contributed by atoms with Crippen molar-refractivity contribution < 1.29 is 9.59 Å². The molecule has 0 aliphatic heterocycles. The number of thiazole rings is 1. The minimum absolute atomic E-state index is 0.0711. The third-order valence-electron chi connectivity index (χ3n) is 4.92. The lowest BCUT2D eigenvalue weighted by Crippen LogP contribution is -2.46. The first-order chi connectivity index (χ1) is 13.1. The Balaban J connectivity index is 1.43. The monoisotopic (exact) mass is 387 g/mol. The van der Waals surface area contributed by atoms with Gasteiger partial charge in [-0.2, -0.15) is 0 Å². The number of hydrogen-bond donors (Lipinski definition) is 2. The summed E-state index contributed by atoms with van der Waals surface area (Å²) >= 11 is 1.37. The molecule has 0 saturated heterocycles. The van der Waals surface area contributed by atoms with Crippen LogP contribution in [0.4, 0.5) is 0 Å². The smallest absolute Gasteiger partial charge is 0.280 e. The topological polar surface area (TPSA) is 96.9 Å². The Morgan fingerprint density at radius 3 is 2.70 bits per heavy atom. The predicted molar refractivity (Wildman–Crippen MR) is 104 cm³/mol. The number of nitrogens with one attached hydrogen (secondary N) is 2. The van der Waals surface area contributed by atoms with Crippen molar-refractivity contribution >= 4 is 23.2 Å². The first-order valence-electron chi connectivity index (χ1n) is 9.37. The molecule has 0 unspecified atom stereocenters. The summed E-state index contributed by atoms with van der Waals surface area (Å²) in [6.45, 7) is 2.40. The average molecular weight is 388 g/mol. The van der Waals surface area contributed by atoms with Crippen LogP contribution >= 0.6 is 11.3 Å². The predicted octanol–water partition coefficient (Wildman–Crippen LogP) is 2.88. The lowest BCUT2D eigenvalue weighted by molar-refractivity contribution is 0.0892. The van der Waals surface area contributed by atoms with Crippen LogP contribution in [-0.2, 0) is 0 Å². The van der Waals surface area contributed by atoms with E-state index in [2.05, 4.69) is 25.6 Å². The zero-order valence-electron chi connectivity index (χ0n) is 15.5. The molecule has 0 bridgehead atoms. The van der Waals surface area contributed by atoms with Gasteiger partial charge in [0.1, 0.15) is 5.69 Å². The fourth-order valence-electron chi connectivity index (χ4n) is 3.57. The third-order valence-corrected chi connectivity index (χ3v) is 5.69. The van der Waals surface area contributed by atoms with Crippen molar-refractivity contribution in [3.8, 4) is 0 Å². The molecule has 0 radical (unpaired) electrons. The van der Waals surface area contributed by atoms with E-state index < -0.39 is 0 Å². The van der Waals surface area contributed by atoms with Crippen molar-refractivity contribution in [1.29, 1.82) is 0 Å². The first-order valence-corrected chi connectivity index (χ1v) is 10.2. The number of carbonyl (C=O) groups is 2. The highest BCUT2D eigenvalue weighted by molar-refractivity contribution is 7.11. The zero-order valence-corrected chi connectivity index (χ0v) is 16.3. The molecule has 2 aromatic heterocycles. The van der Waals surface area contributed by atoms with E-state index in [1.165, 1.54) is 17.5 Å². The van der Waals surface area contributed by atoms with Gasteiger partial charge in [-0.1, -0.05) is 12.8 Å². The number of unbranched alkanes of at least 4 members (excludes halogenated alkanes) is 1. The molecular weight excluding hydrogens is 362 g/mol. The fraction of sp³-hybridized carbons (Fsp3) is 0.526. The highest BCUT2D eigenvalue weighted by Crippen LogP contribution is 2.34. The molecule has 2 amide bonds. The largest absolute Gasteiger partial charge is 0.351 e. The number of hydrogen-bond acceptors (Lipinski definition) is 6. The van der Waals surface area contributed by atoms with Gasteiger partial charge in [0.25, 0.3) is 11.8 Å². The Labute approximate surface area is 163 Å². The summed E-state index contributed by atoms with van der Waals surface area (Å²) in [7, 11) is 0. The van der Waals surface area contributed by atoms with Crippen LogP contribution in [0.1, 0.15) is 70.9 Å². The van der Waals surface area contributed by atoms with Crippen molar-refractivity contribution in [2.45, 2.75) is 57.4 Å². The Hall–Kier alpha value is -2.35. The number of rotatable bonds is 8. The third kappa shape index (κ3) is 5.32. The Morgan fingerprint density at radius 2 is 2.00 bits per heavy atom. The van der Waals surface area contributed by atoms with Gasteiger partial charge in [0.2, 0.25) is 0 Å². The van der Waals surface area contributed by atoms with Crippen LogP contribution in [0.25, 0.3) is 0 Å². The summed E-state index contributed by atoms with van der Waals surface area (Å²) in [6, 6.07) is 0. The first kappa shape index (κ1) is 19.4. The maximum absolute atomic E-state index is 12.4. The van der Waals surface area contributed by atoms with Crippen LogP contribution in [0, 0.1) is 6.92 Å². The molecule has 7 nitrogen and oxygen atoms in total. The second-order valence-corrected chi connectivity index (χ2v) is 7.93. The molecule has 1 saturated carbocycles. The number of carbonyl (C=O) groups excluding carboxylic acids is 2. The van der Waals surface area contributed by atoms with Crippen LogP contribution in [0.2, 0.25) is 0 Å². The van der Waals surface area contributed by atoms with E-state index in [9.17, 15) is 9.59 Å².